The monoisotopic (exact) mass is 312 g/mol. The highest BCUT2D eigenvalue weighted by Crippen LogP contribution is 2.18. The van der Waals surface area contributed by atoms with Crippen LogP contribution >= 0.6 is 23.2 Å². The molecule has 1 aromatic heterocycles. The van der Waals surface area contributed by atoms with Crippen molar-refractivity contribution in [3.05, 3.63) is 40.1 Å². The maximum Gasteiger partial charge on any atom is 0.322 e. The normalized spacial score (nSPS) is 10.3. The van der Waals surface area contributed by atoms with E-state index in [0.717, 1.165) is 18.5 Å². The molecule has 0 saturated heterocycles. The van der Waals surface area contributed by atoms with Crippen LogP contribution in [-0.4, -0.2) is 21.5 Å². The third-order valence-electron chi connectivity index (χ3n) is 2.44. The number of hydrogen-bond acceptors (Lipinski definition) is 5. The lowest BCUT2D eigenvalue weighted by Crippen LogP contribution is -2.08. The van der Waals surface area contributed by atoms with Crippen molar-refractivity contribution in [2.45, 2.75) is 20.0 Å². The Morgan fingerprint density at radius 1 is 1.15 bits per heavy atom. The molecule has 0 aliphatic heterocycles. The number of nitrogens with zero attached hydrogens (tertiary/aromatic N) is 3. The topological polar surface area (TPSA) is 59.9 Å². The standard InChI is InChI=1S/C13H14Cl2N4O/c1-2-7-16-12-17-11(15)18-13(19-12)20-8-9-5-3-4-6-10(9)14/h3-6H,2,7-8H2,1H3,(H,16,17,18,19). The van der Waals surface area contributed by atoms with E-state index in [1.165, 1.54) is 0 Å². The van der Waals surface area contributed by atoms with Gasteiger partial charge < -0.3 is 10.1 Å². The Bertz CT molecular complexity index is 580. The number of nitrogens with one attached hydrogen (secondary N) is 1. The van der Waals surface area contributed by atoms with E-state index in [-0.39, 0.29) is 17.9 Å². The van der Waals surface area contributed by atoms with Crippen molar-refractivity contribution >= 4 is 29.2 Å². The predicted molar refractivity (Wildman–Crippen MR) is 79.4 cm³/mol. The predicted octanol–water partition coefficient (Wildman–Crippen LogP) is 3.58. The third kappa shape index (κ3) is 4.21. The van der Waals surface area contributed by atoms with Crippen LogP contribution in [0, 0.1) is 0 Å². The van der Waals surface area contributed by atoms with Crippen molar-refractivity contribution in [3.63, 3.8) is 0 Å². The van der Waals surface area contributed by atoms with E-state index in [1.54, 1.807) is 6.07 Å². The molecule has 5 nitrogen and oxygen atoms in total. The van der Waals surface area contributed by atoms with Gasteiger partial charge in [0, 0.05) is 17.1 Å². The number of rotatable bonds is 6. The van der Waals surface area contributed by atoms with Gasteiger partial charge in [0.15, 0.2) is 0 Å². The van der Waals surface area contributed by atoms with Crippen molar-refractivity contribution in [1.29, 1.82) is 0 Å². The van der Waals surface area contributed by atoms with Crippen LogP contribution in [-0.2, 0) is 6.61 Å². The van der Waals surface area contributed by atoms with Gasteiger partial charge in [-0.05, 0) is 24.1 Å². The molecule has 106 valence electrons. The first-order valence-electron chi connectivity index (χ1n) is 6.20. The number of aromatic nitrogens is 3. The molecule has 0 radical (unpaired) electrons. The molecule has 0 atom stereocenters. The van der Waals surface area contributed by atoms with Crippen LogP contribution in [0.3, 0.4) is 0 Å². The van der Waals surface area contributed by atoms with Crippen LogP contribution < -0.4 is 10.1 Å². The van der Waals surface area contributed by atoms with Gasteiger partial charge in [0.25, 0.3) is 0 Å². The number of anilines is 1. The van der Waals surface area contributed by atoms with Gasteiger partial charge in [-0.3, -0.25) is 0 Å². The lowest BCUT2D eigenvalue weighted by molar-refractivity contribution is 0.280. The Labute approximate surface area is 127 Å². The fourth-order valence-corrected chi connectivity index (χ4v) is 1.81. The quantitative estimate of drug-likeness (QED) is 0.883. The molecule has 0 aliphatic rings. The highest BCUT2D eigenvalue weighted by Gasteiger charge is 2.07. The van der Waals surface area contributed by atoms with Gasteiger partial charge >= 0.3 is 6.01 Å². The Balaban J connectivity index is 2.05. The van der Waals surface area contributed by atoms with E-state index in [1.807, 2.05) is 25.1 Å². The Kier molecular flexibility index (Phi) is 5.38. The molecule has 7 heteroatoms. The summed E-state index contributed by atoms with van der Waals surface area (Å²) in [5, 5.41) is 3.76. The van der Waals surface area contributed by atoms with Crippen LogP contribution in [0.15, 0.2) is 24.3 Å². The first-order chi connectivity index (χ1) is 9.69. The summed E-state index contributed by atoms with van der Waals surface area (Å²) in [7, 11) is 0. The minimum Gasteiger partial charge on any atom is -0.458 e. The molecular weight excluding hydrogens is 299 g/mol. The molecule has 2 aromatic rings. The van der Waals surface area contributed by atoms with Gasteiger partial charge in [0.05, 0.1) is 0 Å². The van der Waals surface area contributed by atoms with Crippen molar-refractivity contribution in [3.8, 4) is 6.01 Å². The summed E-state index contributed by atoms with van der Waals surface area (Å²) < 4.78 is 5.50. The van der Waals surface area contributed by atoms with E-state index in [9.17, 15) is 0 Å². The average Bonchev–Trinajstić information content (AvgIpc) is 2.44. The van der Waals surface area contributed by atoms with Crippen molar-refractivity contribution < 1.29 is 4.74 Å². The zero-order valence-electron chi connectivity index (χ0n) is 10.9. The number of ether oxygens (including phenoxy) is 1. The summed E-state index contributed by atoms with van der Waals surface area (Å²) in [4.78, 5) is 12.0. The largest absolute Gasteiger partial charge is 0.458 e. The molecule has 0 saturated carbocycles. The molecule has 0 spiro atoms. The van der Waals surface area contributed by atoms with E-state index >= 15 is 0 Å². The smallest absolute Gasteiger partial charge is 0.322 e. The first kappa shape index (κ1) is 14.8. The Morgan fingerprint density at radius 3 is 2.70 bits per heavy atom. The molecule has 2 rings (SSSR count). The summed E-state index contributed by atoms with van der Waals surface area (Å²) in [6.45, 7) is 3.07. The van der Waals surface area contributed by atoms with Gasteiger partial charge in [0.1, 0.15) is 6.61 Å². The number of hydrogen-bond donors (Lipinski definition) is 1. The van der Waals surface area contributed by atoms with Gasteiger partial charge in [-0.2, -0.15) is 15.0 Å². The molecule has 0 unspecified atom stereocenters. The minimum absolute atomic E-state index is 0.0905. The number of benzene rings is 1. The maximum atomic E-state index is 6.05. The lowest BCUT2D eigenvalue weighted by Gasteiger charge is -2.08. The van der Waals surface area contributed by atoms with E-state index in [0.29, 0.717) is 11.0 Å². The van der Waals surface area contributed by atoms with Crippen molar-refractivity contribution in [1.82, 2.24) is 15.0 Å². The summed E-state index contributed by atoms with van der Waals surface area (Å²) >= 11 is 11.9. The highest BCUT2D eigenvalue weighted by molar-refractivity contribution is 6.31. The lowest BCUT2D eigenvalue weighted by atomic mass is 10.2. The Hall–Kier alpha value is -1.59. The first-order valence-corrected chi connectivity index (χ1v) is 6.96. The molecule has 1 heterocycles. The second kappa shape index (κ2) is 7.26. The van der Waals surface area contributed by atoms with Gasteiger partial charge in [-0.1, -0.05) is 36.7 Å². The van der Waals surface area contributed by atoms with Crippen molar-refractivity contribution in [2.75, 3.05) is 11.9 Å². The van der Waals surface area contributed by atoms with Gasteiger partial charge in [-0.15, -0.1) is 0 Å². The van der Waals surface area contributed by atoms with E-state index in [4.69, 9.17) is 27.9 Å². The third-order valence-corrected chi connectivity index (χ3v) is 2.97. The highest BCUT2D eigenvalue weighted by atomic mass is 35.5. The minimum atomic E-state index is 0.0905. The summed E-state index contributed by atoms with van der Waals surface area (Å²) in [5.74, 6) is 0.404. The molecule has 0 fully saturated rings. The average molecular weight is 313 g/mol. The van der Waals surface area contributed by atoms with Crippen LogP contribution in [0.5, 0.6) is 6.01 Å². The molecule has 0 bridgehead atoms. The zero-order valence-corrected chi connectivity index (χ0v) is 12.4. The zero-order chi connectivity index (χ0) is 14.4. The van der Waals surface area contributed by atoms with Crippen LogP contribution in [0.1, 0.15) is 18.9 Å². The molecule has 0 aliphatic carbocycles. The summed E-state index contributed by atoms with van der Waals surface area (Å²) in [6.07, 6.45) is 0.957. The van der Waals surface area contributed by atoms with E-state index < -0.39 is 0 Å². The van der Waals surface area contributed by atoms with Gasteiger partial charge in [0.2, 0.25) is 11.2 Å². The maximum absolute atomic E-state index is 6.05. The molecule has 0 amide bonds. The summed E-state index contributed by atoms with van der Waals surface area (Å²) in [6, 6.07) is 7.59. The molecule has 1 aromatic carbocycles. The molecule has 20 heavy (non-hydrogen) atoms. The van der Waals surface area contributed by atoms with E-state index in [2.05, 4.69) is 20.3 Å². The molecular formula is C13H14Cl2N4O. The van der Waals surface area contributed by atoms with Crippen LogP contribution in [0.25, 0.3) is 0 Å². The van der Waals surface area contributed by atoms with Crippen molar-refractivity contribution in [2.24, 2.45) is 0 Å². The summed E-state index contributed by atoms with van der Waals surface area (Å²) in [5.41, 5.74) is 0.855. The number of halogens is 2. The fourth-order valence-electron chi connectivity index (χ4n) is 1.47. The van der Waals surface area contributed by atoms with Crippen LogP contribution in [0.2, 0.25) is 10.3 Å². The fraction of sp³-hybridized carbons (Fsp3) is 0.308. The van der Waals surface area contributed by atoms with Crippen LogP contribution in [0.4, 0.5) is 5.95 Å². The second-order valence-corrected chi connectivity index (χ2v) is 4.76. The Morgan fingerprint density at radius 2 is 1.95 bits per heavy atom. The molecule has 1 N–H and O–H groups in total. The van der Waals surface area contributed by atoms with Gasteiger partial charge in [-0.25, -0.2) is 0 Å². The SMILES string of the molecule is CCCNc1nc(Cl)nc(OCc2ccccc2Cl)n1. The second-order valence-electron chi connectivity index (χ2n) is 4.02.